The molecule has 9 heteroatoms. The number of carbonyl (C=O) groups excluding carboxylic acids is 2. The Morgan fingerprint density at radius 3 is 2.40 bits per heavy atom. The number of nitrogens with one attached hydrogen (secondary N) is 2. The summed E-state index contributed by atoms with van der Waals surface area (Å²) in [5.74, 6) is 1.08. The van der Waals surface area contributed by atoms with E-state index in [-0.39, 0.29) is 17.6 Å². The molecule has 0 bridgehead atoms. The molecule has 0 aliphatic rings. The van der Waals surface area contributed by atoms with Crippen LogP contribution < -0.4 is 15.4 Å². The molecular weight excluding hydrogens is 462 g/mol. The fourth-order valence-electron chi connectivity index (χ4n) is 3.80. The average Bonchev–Trinajstić information content (AvgIpc) is 3.23. The normalized spacial score (nSPS) is 11.6. The molecule has 1 atom stereocenters. The molecule has 1 heterocycles. The van der Waals surface area contributed by atoms with Gasteiger partial charge in [-0.15, -0.1) is 16.8 Å². The number of amides is 2. The van der Waals surface area contributed by atoms with Crippen molar-refractivity contribution in [2.45, 2.75) is 45.4 Å². The molecule has 2 N–H and O–H groups in total. The fourth-order valence-corrected chi connectivity index (χ4v) is 4.55. The topological polar surface area (TPSA) is 98.1 Å². The zero-order valence-electron chi connectivity index (χ0n) is 20.7. The van der Waals surface area contributed by atoms with Crippen molar-refractivity contribution < 1.29 is 14.3 Å². The molecule has 0 saturated heterocycles. The van der Waals surface area contributed by atoms with Gasteiger partial charge in [-0.05, 0) is 63.1 Å². The predicted molar refractivity (Wildman–Crippen MR) is 139 cm³/mol. The lowest BCUT2D eigenvalue weighted by Gasteiger charge is -2.15. The summed E-state index contributed by atoms with van der Waals surface area (Å²) < 4.78 is 6.99. The lowest BCUT2D eigenvalue weighted by atomic mass is 10.1. The molecule has 2 aromatic carbocycles. The van der Waals surface area contributed by atoms with Crippen LogP contribution in [0.2, 0.25) is 0 Å². The zero-order valence-corrected chi connectivity index (χ0v) is 21.5. The molecule has 0 saturated carbocycles. The van der Waals surface area contributed by atoms with Gasteiger partial charge in [0.15, 0.2) is 11.0 Å². The molecule has 0 fully saturated rings. The molecule has 8 nitrogen and oxygen atoms in total. The van der Waals surface area contributed by atoms with E-state index >= 15 is 0 Å². The molecule has 1 unspecified atom stereocenters. The van der Waals surface area contributed by atoms with E-state index in [1.54, 1.807) is 37.5 Å². The number of hydrogen-bond donors (Lipinski definition) is 2. The van der Waals surface area contributed by atoms with Crippen LogP contribution in [-0.4, -0.2) is 39.4 Å². The van der Waals surface area contributed by atoms with Gasteiger partial charge in [0, 0.05) is 17.8 Å². The Morgan fingerprint density at radius 1 is 1.14 bits per heavy atom. The first kappa shape index (κ1) is 26.0. The Hall–Kier alpha value is -3.59. The summed E-state index contributed by atoms with van der Waals surface area (Å²) >= 11 is 1.29. The third-order valence-electron chi connectivity index (χ3n) is 5.42. The summed E-state index contributed by atoms with van der Waals surface area (Å²) in [6.07, 6.45) is 1.73. The maximum atomic E-state index is 12.7. The second kappa shape index (κ2) is 11.7. The quantitative estimate of drug-likeness (QED) is 0.316. The Labute approximate surface area is 210 Å². The van der Waals surface area contributed by atoms with Crippen LogP contribution >= 0.6 is 11.8 Å². The van der Waals surface area contributed by atoms with Crippen LogP contribution in [0.4, 0.5) is 5.69 Å². The van der Waals surface area contributed by atoms with Gasteiger partial charge in [-0.1, -0.05) is 35.5 Å². The number of thioether (sulfide) groups is 1. The van der Waals surface area contributed by atoms with Gasteiger partial charge >= 0.3 is 0 Å². The number of aryl methyl sites for hydroxylation is 3. The lowest BCUT2D eigenvalue weighted by molar-refractivity contribution is -0.113. The van der Waals surface area contributed by atoms with Gasteiger partial charge in [-0.25, -0.2) is 0 Å². The summed E-state index contributed by atoms with van der Waals surface area (Å²) in [6.45, 7) is 12.1. The SMILES string of the molecule is C=CCn1c(SCC(=O)Nc2c(C)cc(C)cc2C)nnc1C(C)NC(=O)c1ccc(OC)cc1. The minimum atomic E-state index is -0.405. The van der Waals surface area contributed by atoms with Crippen LogP contribution in [-0.2, 0) is 11.3 Å². The van der Waals surface area contributed by atoms with Crippen molar-refractivity contribution in [3.05, 3.63) is 77.1 Å². The monoisotopic (exact) mass is 493 g/mol. The van der Waals surface area contributed by atoms with Crippen molar-refractivity contribution in [3.63, 3.8) is 0 Å². The van der Waals surface area contributed by atoms with Crippen LogP contribution in [0.5, 0.6) is 5.75 Å². The first-order chi connectivity index (χ1) is 16.7. The number of anilines is 1. The maximum absolute atomic E-state index is 12.7. The van der Waals surface area contributed by atoms with Gasteiger partial charge in [0.1, 0.15) is 5.75 Å². The van der Waals surface area contributed by atoms with Crippen molar-refractivity contribution >= 4 is 29.3 Å². The molecule has 35 heavy (non-hydrogen) atoms. The number of allylic oxidation sites excluding steroid dienone is 1. The van der Waals surface area contributed by atoms with Gasteiger partial charge in [0.05, 0.1) is 18.9 Å². The standard InChI is InChI=1S/C26H31N5O3S/c1-7-12-31-24(19(5)27-25(33)20-8-10-21(34-6)11-9-20)29-30-26(31)35-15-22(32)28-23-17(3)13-16(2)14-18(23)4/h7-11,13-14,19H,1,12,15H2,2-6H3,(H,27,33)(H,28,32). The average molecular weight is 494 g/mol. The lowest BCUT2D eigenvalue weighted by Crippen LogP contribution is -2.28. The summed E-state index contributed by atoms with van der Waals surface area (Å²) in [4.78, 5) is 25.3. The second-order valence-electron chi connectivity index (χ2n) is 8.27. The Balaban J connectivity index is 1.68. The number of rotatable bonds is 10. The van der Waals surface area contributed by atoms with Crippen LogP contribution in [0.15, 0.2) is 54.2 Å². The van der Waals surface area contributed by atoms with E-state index in [1.165, 1.54) is 11.8 Å². The largest absolute Gasteiger partial charge is 0.497 e. The smallest absolute Gasteiger partial charge is 0.251 e. The van der Waals surface area contributed by atoms with Crippen molar-refractivity contribution in [2.24, 2.45) is 0 Å². The second-order valence-corrected chi connectivity index (χ2v) is 9.22. The summed E-state index contributed by atoms with van der Waals surface area (Å²) in [5, 5.41) is 15.1. The molecular formula is C26H31N5O3S. The number of methoxy groups -OCH3 is 1. The Kier molecular flexibility index (Phi) is 8.70. The number of carbonyl (C=O) groups is 2. The number of nitrogens with zero attached hydrogens (tertiary/aromatic N) is 3. The molecule has 3 aromatic rings. The van der Waals surface area contributed by atoms with E-state index in [1.807, 2.05) is 44.4 Å². The van der Waals surface area contributed by atoms with Gasteiger partial charge in [-0.2, -0.15) is 0 Å². The minimum Gasteiger partial charge on any atom is -0.497 e. The molecule has 0 radical (unpaired) electrons. The molecule has 184 valence electrons. The molecule has 1 aromatic heterocycles. The van der Waals surface area contributed by atoms with Gasteiger partial charge in [-0.3, -0.25) is 9.59 Å². The van der Waals surface area contributed by atoms with E-state index in [2.05, 4.69) is 27.4 Å². The van der Waals surface area contributed by atoms with E-state index in [4.69, 9.17) is 4.74 Å². The maximum Gasteiger partial charge on any atom is 0.251 e. The highest BCUT2D eigenvalue weighted by molar-refractivity contribution is 7.99. The number of ether oxygens (including phenoxy) is 1. The van der Waals surface area contributed by atoms with E-state index < -0.39 is 6.04 Å². The van der Waals surface area contributed by atoms with E-state index in [0.29, 0.717) is 28.8 Å². The first-order valence-corrected chi connectivity index (χ1v) is 12.2. The van der Waals surface area contributed by atoms with Crippen LogP contribution in [0.3, 0.4) is 0 Å². The summed E-state index contributed by atoms with van der Waals surface area (Å²) in [7, 11) is 1.58. The molecule has 0 aliphatic carbocycles. The summed E-state index contributed by atoms with van der Waals surface area (Å²) in [5.41, 5.74) is 4.56. The number of hydrogen-bond acceptors (Lipinski definition) is 6. The van der Waals surface area contributed by atoms with Crippen LogP contribution in [0, 0.1) is 20.8 Å². The third-order valence-corrected chi connectivity index (χ3v) is 6.38. The minimum absolute atomic E-state index is 0.124. The van der Waals surface area contributed by atoms with Crippen LogP contribution in [0.25, 0.3) is 0 Å². The molecule has 2 amide bonds. The van der Waals surface area contributed by atoms with Crippen molar-refractivity contribution in [1.29, 1.82) is 0 Å². The molecule has 0 aliphatic heterocycles. The van der Waals surface area contributed by atoms with Crippen LogP contribution in [0.1, 0.15) is 45.8 Å². The Morgan fingerprint density at radius 2 is 1.80 bits per heavy atom. The zero-order chi connectivity index (χ0) is 25.5. The van der Waals surface area contributed by atoms with Crippen molar-refractivity contribution in [1.82, 2.24) is 20.1 Å². The first-order valence-electron chi connectivity index (χ1n) is 11.2. The predicted octanol–water partition coefficient (Wildman–Crippen LogP) is 4.62. The Bertz CT molecular complexity index is 1200. The van der Waals surface area contributed by atoms with Crippen molar-refractivity contribution in [2.75, 3.05) is 18.2 Å². The molecule has 0 spiro atoms. The highest BCUT2D eigenvalue weighted by atomic mass is 32.2. The number of aromatic nitrogens is 3. The van der Waals surface area contributed by atoms with Crippen molar-refractivity contribution in [3.8, 4) is 5.75 Å². The van der Waals surface area contributed by atoms with Gasteiger partial charge in [0.25, 0.3) is 5.91 Å². The van der Waals surface area contributed by atoms with E-state index in [9.17, 15) is 9.59 Å². The van der Waals surface area contributed by atoms with Gasteiger partial charge in [0.2, 0.25) is 5.91 Å². The fraction of sp³-hybridized carbons (Fsp3) is 0.308. The summed E-state index contributed by atoms with van der Waals surface area (Å²) in [6, 6.07) is 10.6. The molecule has 3 rings (SSSR count). The van der Waals surface area contributed by atoms with Gasteiger partial charge < -0.3 is 19.9 Å². The highest BCUT2D eigenvalue weighted by Gasteiger charge is 2.21. The van der Waals surface area contributed by atoms with E-state index in [0.717, 1.165) is 22.4 Å². The highest BCUT2D eigenvalue weighted by Crippen LogP contribution is 2.24. The number of benzene rings is 2. The third kappa shape index (κ3) is 6.51.